The van der Waals surface area contributed by atoms with Gasteiger partial charge in [0, 0.05) is 32.3 Å². The van der Waals surface area contributed by atoms with Crippen molar-refractivity contribution in [2.24, 2.45) is 11.7 Å². The Morgan fingerprint density at radius 2 is 2.00 bits per heavy atom. The summed E-state index contributed by atoms with van der Waals surface area (Å²) in [6.45, 7) is 9.33. The molecule has 3 nitrogen and oxygen atoms in total. The highest BCUT2D eigenvalue weighted by Crippen LogP contribution is 2.23. The molecular weight excluding hydrogens is 267 g/mol. The van der Waals surface area contributed by atoms with Crippen LogP contribution in [0.25, 0.3) is 0 Å². The normalized spacial score (nSPS) is 14.7. The number of benzene rings is 1. The van der Waals surface area contributed by atoms with Gasteiger partial charge in [-0.3, -0.25) is 4.90 Å². The van der Waals surface area contributed by atoms with E-state index in [1.54, 1.807) is 13.2 Å². The monoisotopic (exact) mass is 296 g/mol. The maximum atomic E-state index is 14.0. The van der Waals surface area contributed by atoms with Gasteiger partial charge in [0.05, 0.1) is 6.61 Å². The molecule has 0 aliphatic rings. The van der Waals surface area contributed by atoms with Gasteiger partial charge >= 0.3 is 0 Å². The Kier molecular flexibility index (Phi) is 7.29. The molecule has 0 aromatic heterocycles. The van der Waals surface area contributed by atoms with E-state index in [1.165, 1.54) is 6.07 Å². The summed E-state index contributed by atoms with van der Waals surface area (Å²) >= 11 is 0. The van der Waals surface area contributed by atoms with Crippen molar-refractivity contribution in [2.45, 2.75) is 32.7 Å². The average Bonchev–Trinajstić information content (AvgIpc) is 2.45. The zero-order chi connectivity index (χ0) is 15.9. The van der Waals surface area contributed by atoms with Gasteiger partial charge in [-0.15, -0.1) is 0 Å². The van der Waals surface area contributed by atoms with Gasteiger partial charge in [0.15, 0.2) is 0 Å². The molecule has 0 saturated carbocycles. The summed E-state index contributed by atoms with van der Waals surface area (Å²) in [5.41, 5.74) is 6.49. The molecule has 0 radical (unpaired) electrons. The van der Waals surface area contributed by atoms with Crippen LogP contribution in [0.2, 0.25) is 0 Å². The van der Waals surface area contributed by atoms with Crippen molar-refractivity contribution in [1.82, 2.24) is 4.90 Å². The molecule has 1 unspecified atom stereocenters. The zero-order valence-corrected chi connectivity index (χ0v) is 13.7. The Labute approximate surface area is 128 Å². The van der Waals surface area contributed by atoms with Crippen molar-refractivity contribution >= 4 is 0 Å². The lowest BCUT2D eigenvalue weighted by molar-refractivity contribution is 0.0601. The quantitative estimate of drug-likeness (QED) is 0.761. The van der Waals surface area contributed by atoms with Crippen LogP contribution in [0.5, 0.6) is 0 Å². The van der Waals surface area contributed by atoms with E-state index >= 15 is 0 Å². The molecule has 0 saturated heterocycles. The Balaban J connectivity index is 2.94. The zero-order valence-electron chi connectivity index (χ0n) is 13.7. The second-order valence-corrected chi connectivity index (χ2v) is 6.30. The van der Waals surface area contributed by atoms with Gasteiger partial charge in [-0.25, -0.2) is 4.39 Å². The first-order valence-electron chi connectivity index (χ1n) is 7.60. The number of hydrogen-bond acceptors (Lipinski definition) is 3. The number of hydrogen-bond donors (Lipinski definition) is 1. The first-order chi connectivity index (χ1) is 9.92. The van der Waals surface area contributed by atoms with Crippen LogP contribution in [0, 0.1) is 11.7 Å². The molecule has 0 fully saturated rings. The van der Waals surface area contributed by atoms with E-state index in [2.05, 4.69) is 25.7 Å². The molecule has 1 atom stereocenters. The summed E-state index contributed by atoms with van der Waals surface area (Å²) in [4.78, 5) is 2.33. The number of methoxy groups -OCH3 is 1. The van der Waals surface area contributed by atoms with Gasteiger partial charge in [0.2, 0.25) is 0 Å². The average molecular weight is 296 g/mol. The van der Waals surface area contributed by atoms with Crippen molar-refractivity contribution in [2.75, 3.05) is 33.4 Å². The van der Waals surface area contributed by atoms with E-state index in [-0.39, 0.29) is 11.4 Å². The van der Waals surface area contributed by atoms with E-state index in [0.717, 1.165) is 18.7 Å². The van der Waals surface area contributed by atoms with Gasteiger partial charge in [-0.2, -0.15) is 0 Å². The van der Waals surface area contributed by atoms with Crippen LogP contribution in [0.3, 0.4) is 0 Å². The summed E-state index contributed by atoms with van der Waals surface area (Å²) in [7, 11) is 1.70. The molecule has 0 aliphatic heterocycles. The fourth-order valence-electron chi connectivity index (χ4n) is 2.59. The number of rotatable bonds is 9. The maximum absolute atomic E-state index is 14.0. The summed E-state index contributed by atoms with van der Waals surface area (Å²) in [5, 5.41) is 0. The highest BCUT2D eigenvalue weighted by Gasteiger charge is 2.31. The highest BCUT2D eigenvalue weighted by molar-refractivity contribution is 5.20. The van der Waals surface area contributed by atoms with Gasteiger partial charge in [0.25, 0.3) is 0 Å². The molecule has 0 bridgehead atoms. The molecule has 1 aromatic carbocycles. The van der Waals surface area contributed by atoms with Crippen molar-refractivity contribution in [3.63, 3.8) is 0 Å². The lowest BCUT2D eigenvalue weighted by Crippen LogP contribution is -2.55. The van der Waals surface area contributed by atoms with Crippen LogP contribution < -0.4 is 5.73 Å². The minimum Gasteiger partial charge on any atom is -0.383 e. The van der Waals surface area contributed by atoms with Gasteiger partial charge in [0.1, 0.15) is 5.82 Å². The molecular formula is C17H29FN2O. The Morgan fingerprint density at radius 1 is 1.33 bits per heavy atom. The van der Waals surface area contributed by atoms with Crippen molar-refractivity contribution in [3.8, 4) is 0 Å². The SMILES string of the molecule is COCCN(CC(C)C)C(C)(CN)Cc1ccccc1F. The number of halogens is 1. The number of ether oxygens (including phenoxy) is 1. The highest BCUT2D eigenvalue weighted by atomic mass is 19.1. The van der Waals surface area contributed by atoms with Crippen LogP contribution in [0.15, 0.2) is 24.3 Å². The molecule has 4 heteroatoms. The molecule has 0 amide bonds. The fraction of sp³-hybridized carbons (Fsp3) is 0.647. The molecule has 0 spiro atoms. The van der Waals surface area contributed by atoms with Crippen LogP contribution in [0.1, 0.15) is 26.3 Å². The fourth-order valence-corrected chi connectivity index (χ4v) is 2.59. The van der Waals surface area contributed by atoms with E-state index in [9.17, 15) is 4.39 Å². The third-order valence-electron chi connectivity index (χ3n) is 3.88. The largest absolute Gasteiger partial charge is 0.383 e. The Bertz CT molecular complexity index is 425. The Hall–Kier alpha value is -0.970. The molecule has 21 heavy (non-hydrogen) atoms. The maximum Gasteiger partial charge on any atom is 0.126 e. The molecule has 120 valence electrons. The van der Waals surface area contributed by atoms with Crippen LogP contribution in [0.4, 0.5) is 4.39 Å². The summed E-state index contributed by atoms with van der Waals surface area (Å²) in [5.74, 6) is 0.363. The second kappa shape index (κ2) is 8.47. The third kappa shape index (κ3) is 5.38. The smallest absolute Gasteiger partial charge is 0.126 e. The van der Waals surface area contributed by atoms with Crippen LogP contribution in [-0.2, 0) is 11.2 Å². The molecule has 0 aliphatic carbocycles. The van der Waals surface area contributed by atoms with E-state index in [1.807, 2.05) is 12.1 Å². The molecule has 2 N–H and O–H groups in total. The van der Waals surface area contributed by atoms with Crippen molar-refractivity contribution in [3.05, 3.63) is 35.6 Å². The first-order valence-corrected chi connectivity index (χ1v) is 7.60. The molecule has 0 heterocycles. The third-order valence-corrected chi connectivity index (χ3v) is 3.88. The van der Waals surface area contributed by atoms with Crippen LogP contribution in [-0.4, -0.2) is 43.8 Å². The predicted octanol–water partition coefficient (Wildman–Crippen LogP) is 2.69. The number of nitrogens with two attached hydrogens (primary N) is 1. The first kappa shape index (κ1) is 18.1. The Morgan fingerprint density at radius 3 is 2.52 bits per heavy atom. The van der Waals surface area contributed by atoms with Crippen molar-refractivity contribution < 1.29 is 9.13 Å². The number of nitrogens with zero attached hydrogens (tertiary/aromatic N) is 1. The second-order valence-electron chi connectivity index (χ2n) is 6.30. The minimum absolute atomic E-state index is 0.159. The van der Waals surface area contributed by atoms with E-state index in [0.29, 0.717) is 25.5 Å². The van der Waals surface area contributed by atoms with Gasteiger partial charge in [-0.05, 0) is 30.9 Å². The van der Waals surface area contributed by atoms with Crippen LogP contribution >= 0.6 is 0 Å². The predicted molar refractivity (Wildman–Crippen MR) is 85.9 cm³/mol. The minimum atomic E-state index is -0.273. The standard InChI is InChI=1S/C17H29FN2O/c1-14(2)12-20(9-10-21-4)17(3,13-19)11-15-7-5-6-8-16(15)18/h5-8,14H,9-13,19H2,1-4H3. The summed E-state index contributed by atoms with van der Waals surface area (Å²) in [6.07, 6.45) is 0.604. The summed E-state index contributed by atoms with van der Waals surface area (Å²) in [6, 6.07) is 6.94. The van der Waals surface area contributed by atoms with Gasteiger partial charge < -0.3 is 10.5 Å². The lowest BCUT2D eigenvalue weighted by Gasteiger charge is -2.42. The van der Waals surface area contributed by atoms with E-state index in [4.69, 9.17) is 10.5 Å². The topological polar surface area (TPSA) is 38.5 Å². The molecule has 1 rings (SSSR count). The lowest BCUT2D eigenvalue weighted by atomic mass is 9.89. The molecule has 1 aromatic rings. The summed E-state index contributed by atoms with van der Waals surface area (Å²) < 4.78 is 19.2. The van der Waals surface area contributed by atoms with Gasteiger partial charge in [-0.1, -0.05) is 32.0 Å². The van der Waals surface area contributed by atoms with E-state index < -0.39 is 0 Å². The van der Waals surface area contributed by atoms with Crippen molar-refractivity contribution in [1.29, 1.82) is 0 Å².